The average molecular weight is 383 g/mol. The van der Waals surface area contributed by atoms with E-state index in [4.69, 9.17) is 11.6 Å². The molecule has 24 heavy (non-hydrogen) atoms. The minimum absolute atomic E-state index is 0.177. The molecule has 1 aromatic heterocycles. The molecule has 2 aromatic carbocycles. The molecule has 0 spiro atoms. The molecule has 0 atom stereocenters. The molecule has 8 heteroatoms. The van der Waals surface area contributed by atoms with Crippen LogP contribution in [0.5, 0.6) is 0 Å². The van der Waals surface area contributed by atoms with E-state index >= 15 is 0 Å². The second-order valence-electron chi connectivity index (χ2n) is 5.04. The average Bonchev–Trinajstić information content (AvgIpc) is 2.99. The SMILES string of the molecule is Cc1cc(S(=O)(=O)Nc2csc(-c3ccccc3)n2)c(Cl)cc1F. The Kier molecular flexibility index (Phi) is 4.58. The Hall–Kier alpha value is -1.96. The number of benzene rings is 2. The highest BCUT2D eigenvalue weighted by atomic mass is 35.5. The summed E-state index contributed by atoms with van der Waals surface area (Å²) in [5, 5.41) is 2.11. The molecule has 0 bridgehead atoms. The van der Waals surface area contributed by atoms with E-state index in [2.05, 4.69) is 9.71 Å². The highest BCUT2D eigenvalue weighted by Gasteiger charge is 2.21. The van der Waals surface area contributed by atoms with E-state index in [1.807, 2.05) is 30.3 Å². The van der Waals surface area contributed by atoms with Crippen molar-refractivity contribution in [3.8, 4) is 10.6 Å². The number of thiazole rings is 1. The predicted molar refractivity (Wildman–Crippen MR) is 94.5 cm³/mol. The summed E-state index contributed by atoms with van der Waals surface area (Å²) in [7, 11) is -3.96. The van der Waals surface area contributed by atoms with Gasteiger partial charge in [0.15, 0.2) is 5.82 Å². The normalized spacial score (nSPS) is 11.5. The smallest absolute Gasteiger partial charge is 0.263 e. The van der Waals surface area contributed by atoms with Gasteiger partial charge in [-0.15, -0.1) is 11.3 Å². The summed E-state index contributed by atoms with van der Waals surface area (Å²) >= 11 is 7.19. The van der Waals surface area contributed by atoms with Gasteiger partial charge in [-0.25, -0.2) is 17.8 Å². The van der Waals surface area contributed by atoms with Crippen LogP contribution in [0.25, 0.3) is 10.6 Å². The van der Waals surface area contributed by atoms with E-state index in [1.54, 1.807) is 5.38 Å². The van der Waals surface area contributed by atoms with Crippen molar-refractivity contribution in [3.63, 3.8) is 0 Å². The van der Waals surface area contributed by atoms with Crippen molar-refractivity contribution in [1.29, 1.82) is 0 Å². The first-order valence-corrected chi connectivity index (χ1v) is 9.60. The van der Waals surface area contributed by atoms with E-state index in [0.717, 1.165) is 11.6 Å². The number of hydrogen-bond donors (Lipinski definition) is 1. The number of halogens is 2. The molecule has 0 fully saturated rings. The fourth-order valence-electron chi connectivity index (χ4n) is 2.06. The van der Waals surface area contributed by atoms with Crippen LogP contribution in [0.4, 0.5) is 10.2 Å². The van der Waals surface area contributed by atoms with E-state index in [-0.39, 0.29) is 21.3 Å². The zero-order valence-electron chi connectivity index (χ0n) is 12.5. The van der Waals surface area contributed by atoms with Crippen LogP contribution < -0.4 is 4.72 Å². The van der Waals surface area contributed by atoms with Crippen LogP contribution in [-0.2, 0) is 10.0 Å². The Morgan fingerprint density at radius 2 is 1.92 bits per heavy atom. The molecule has 0 radical (unpaired) electrons. The maximum absolute atomic E-state index is 13.5. The number of hydrogen-bond acceptors (Lipinski definition) is 4. The molecule has 0 aliphatic rings. The molecular weight excluding hydrogens is 371 g/mol. The molecule has 0 saturated heterocycles. The van der Waals surface area contributed by atoms with Crippen molar-refractivity contribution >= 4 is 38.8 Å². The first-order valence-electron chi connectivity index (χ1n) is 6.86. The van der Waals surface area contributed by atoms with Gasteiger partial charge in [-0.3, -0.25) is 4.72 Å². The molecule has 3 rings (SSSR count). The molecule has 1 N–H and O–H groups in total. The molecule has 0 amide bonds. The third-order valence-electron chi connectivity index (χ3n) is 3.27. The summed E-state index contributed by atoms with van der Waals surface area (Å²) < 4.78 is 40.8. The maximum Gasteiger partial charge on any atom is 0.264 e. The van der Waals surface area contributed by atoms with E-state index in [0.29, 0.717) is 5.01 Å². The fraction of sp³-hybridized carbons (Fsp3) is 0.0625. The number of nitrogens with zero attached hydrogens (tertiary/aromatic N) is 1. The first kappa shape index (κ1) is 16.9. The fourth-order valence-corrected chi connectivity index (χ4v) is 4.49. The largest absolute Gasteiger partial charge is 0.264 e. The highest BCUT2D eigenvalue weighted by molar-refractivity contribution is 7.92. The Morgan fingerprint density at radius 1 is 1.21 bits per heavy atom. The van der Waals surface area contributed by atoms with Gasteiger partial charge in [0.2, 0.25) is 0 Å². The predicted octanol–water partition coefficient (Wildman–Crippen LogP) is 4.71. The third-order valence-corrected chi connectivity index (χ3v) is 5.98. The number of anilines is 1. The summed E-state index contributed by atoms with van der Waals surface area (Å²) in [5.74, 6) is -0.365. The van der Waals surface area contributed by atoms with Crippen LogP contribution in [0, 0.1) is 12.7 Å². The van der Waals surface area contributed by atoms with Crippen LogP contribution in [0.15, 0.2) is 52.7 Å². The van der Waals surface area contributed by atoms with Gasteiger partial charge in [0.05, 0.1) is 5.02 Å². The lowest BCUT2D eigenvalue weighted by molar-refractivity contribution is 0.598. The van der Waals surface area contributed by atoms with Crippen LogP contribution in [0.2, 0.25) is 5.02 Å². The lowest BCUT2D eigenvalue weighted by atomic mass is 10.2. The minimum atomic E-state index is -3.96. The molecule has 0 aliphatic heterocycles. The minimum Gasteiger partial charge on any atom is -0.263 e. The number of sulfonamides is 1. The Morgan fingerprint density at radius 3 is 2.62 bits per heavy atom. The topological polar surface area (TPSA) is 59.1 Å². The van der Waals surface area contributed by atoms with Crippen molar-refractivity contribution < 1.29 is 12.8 Å². The number of rotatable bonds is 4. The van der Waals surface area contributed by atoms with Gasteiger partial charge in [0, 0.05) is 10.9 Å². The molecular formula is C16H12ClFN2O2S2. The van der Waals surface area contributed by atoms with Crippen LogP contribution in [-0.4, -0.2) is 13.4 Å². The summed E-state index contributed by atoms with van der Waals surface area (Å²) in [6.45, 7) is 1.47. The standard InChI is InChI=1S/C16H12ClFN2O2S2/c1-10-7-14(12(17)8-13(10)18)24(21,22)20-15-9-23-16(19-15)11-5-3-2-4-6-11/h2-9,20H,1H3. The van der Waals surface area contributed by atoms with Crippen molar-refractivity contribution in [1.82, 2.24) is 4.98 Å². The van der Waals surface area contributed by atoms with Gasteiger partial charge in [-0.05, 0) is 24.6 Å². The summed E-state index contributed by atoms with van der Waals surface area (Å²) in [5.41, 5.74) is 1.09. The van der Waals surface area contributed by atoms with E-state index in [1.165, 1.54) is 24.3 Å². The quantitative estimate of drug-likeness (QED) is 0.710. The van der Waals surface area contributed by atoms with Crippen molar-refractivity contribution in [2.45, 2.75) is 11.8 Å². The van der Waals surface area contributed by atoms with Gasteiger partial charge in [0.1, 0.15) is 15.7 Å². The van der Waals surface area contributed by atoms with Crippen molar-refractivity contribution in [3.05, 3.63) is 64.2 Å². The lowest BCUT2D eigenvalue weighted by Gasteiger charge is -2.09. The first-order chi connectivity index (χ1) is 11.4. The van der Waals surface area contributed by atoms with E-state index in [9.17, 15) is 12.8 Å². The van der Waals surface area contributed by atoms with Crippen molar-refractivity contribution in [2.75, 3.05) is 4.72 Å². The monoisotopic (exact) mass is 382 g/mol. The lowest BCUT2D eigenvalue weighted by Crippen LogP contribution is -2.14. The van der Waals surface area contributed by atoms with Crippen molar-refractivity contribution in [2.24, 2.45) is 0 Å². The van der Waals surface area contributed by atoms with Crippen LogP contribution in [0.3, 0.4) is 0 Å². The second-order valence-corrected chi connectivity index (χ2v) is 7.96. The molecule has 4 nitrogen and oxygen atoms in total. The van der Waals surface area contributed by atoms with Crippen LogP contribution >= 0.6 is 22.9 Å². The second kappa shape index (κ2) is 6.51. The van der Waals surface area contributed by atoms with Crippen LogP contribution in [0.1, 0.15) is 5.56 Å². The number of aryl methyl sites for hydroxylation is 1. The summed E-state index contributed by atoms with van der Waals surface area (Å²) in [4.78, 5) is 4.09. The molecule has 0 aliphatic carbocycles. The highest BCUT2D eigenvalue weighted by Crippen LogP contribution is 2.29. The van der Waals surface area contributed by atoms with Gasteiger partial charge >= 0.3 is 0 Å². The van der Waals surface area contributed by atoms with E-state index < -0.39 is 15.8 Å². The van der Waals surface area contributed by atoms with Gasteiger partial charge in [0.25, 0.3) is 10.0 Å². The molecule has 3 aromatic rings. The number of nitrogens with one attached hydrogen (secondary N) is 1. The molecule has 0 saturated carbocycles. The molecule has 0 unspecified atom stereocenters. The summed E-state index contributed by atoms with van der Waals surface area (Å²) in [6.07, 6.45) is 0. The van der Waals surface area contributed by atoms with Gasteiger partial charge in [-0.2, -0.15) is 0 Å². The Bertz CT molecular complexity index is 989. The zero-order valence-corrected chi connectivity index (χ0v) is 14.8. The Labute approximate surface area is 148 Å². The molecule has 124 valence electrons. The maximum atomic E-state index is 13.5. The third kappa shape index (κ3) is 3.43. The molecule has 1 heterocycles. The van der Waals surface area contributed by atoms with Gasteiger partial charge in [-0.1, -0.05) is 41.9 Å². The zero-order chi connectivity index (χ0) is 17.3. The van der Waals surface area contributed by atoms with Gasteiger partial charge < -0.3 is 0 Å². The summed E-state index contributed by atoms with van der Waals surface area (Å²) in [6, 6.07) is 11.6. The number of aromatic nitrogens is 1. The Balaban J connectivity index is 1.91.